The van der Waals surface area contributed by atoms with Gasteiger partial charge in [-0.3, -0.25) is 19.8 Å². The highest BCUT2D eigenvalue weighted by Gasteiger charge is 2.22. The summed E-state index contributed by atoms with van der Waals surface area (Å²) in [6, 6.07) is 14.5. The van der Waals surface area contributed by atoms with Crippen molar-refractivity contribution in [2.45, 2.75) is 13.8 Å². The van der Waals surface area contributed by atoms with Gasteiger partial charge in [0.2, 0.25) is 11.8 Å². The Hall–Kier alpha value is -5.50. The number of carbonyl (C=O) groups is 4. The number of carboxylic acid groups (broad SMARTS) is 1. The minimum absolute atomic E-state index is 0.0687. The first-order valence-electron chi connectivity index (χ1n) is 10.7. The summed E-state index contributed by atoms with van der Waals surface area (Å²) in [7, 11) is 0. The third-order valence-electron chi connectivity index (χ3n) is 5.10. The molecule has 3 aromatic rings. The zero-order chi connectivity index (χ0) is 27.3. The van der Waals surface area contributed by atoms with Crippen molar-refractivity contribution in [2.24, 2.45) is 0 Å². The van der Waals surface area contributed by atoms with Crippen molar-refractivity contribution < 1.29 is 29.4 Å². The van der Waals surface area contributed by atoms with Crippen LogP contribution in [0, 0.1) is 16.7 Å². The summed E-state index contributed by atoms with van der Waals surface area (Å²) in [6.45, 7) is 2.59. The van der Waals surface area contributed by atoms with Gasteiger partial charge in [-0.15, -0.1) is 0 Å². The molecule has 11 heteroatoms. The second-order valence-corrected chi connectivity index (χ2v) is 7.83. The lowest BCUT2D eigenvalue weighted by molar-refractivity contribution is -0.115. The molecule has 0 atom stereocenters. The maximum atomic E-state index is 12.9. The number of hydrogen-bond donors (Lipinski definition) is 6. The van der Waals surface area contributed by atoms with E-state index in [2.05, 4.69) is 16.0 Å². The number of benzene rings is 3. The predicted molar refractivity (Wildman–Crippen MR) is 136 cm³/mol. The van der Waals surface area contributed by atoms with E-state index in [4.69, 9.17) is 10.7 Å². The molecule has 6 N–H and O–H groups in total. The highest BCUT2D eigenvalue weighted by atomic mass is 16.4. The van der Waals surface area contributed by atoms with Crippen LogP contribution in [0.25, 0.3) is 11.1 Å². The van der Waals surface area contributed by atoms with Gasteiger partial charge in [-0.25, -0.2) is 4.79 Å². The minimum Gasteiger partial charge on any atom is -0.507 e. The van der Waals surface area contributed by atoms with E-state index < -0.39 is 29.2 Å². The molecule has 0 heterocycles. The van der Waals surface area contributed by atoms with Crippen LogP contribution in [-0.4, -0.2) is 39.6 Å². The molecule has 0 unspecified atom stereocenters. The standard InChI is InChI=1S/C26H21N5O6/c1-13(32)29-20-6-4-3-5-16(20)17-10-19(23(34)11-22(17)30-14(2)33)24(28)25(35)31-21-8-7-15(12-27)9-18(21)26(36)37/h3-11,28,34H,1-2H3,(H,29,32)(H,30,33)(H,31,35)(H,36,37). The summed E-state index contributed by atoms with van der Waals surface area (Å²) >= 11 is 0. The Balaban J connectivity index is 2.08. The number of amides is 3. The Morgan fingerprint density at radius 1 is 0.811 bits per heavy atom. The number of carbonyl (C=O) groups excluding carboxylic acids is 3. The normalized spacial score (nSPS) is 10.1. The Bertz CT molecular complexity index is 1510. The number of nitrogens with one attached hydrogen (secondary N) is 4. The largest absolute Gasteiger partial charge is 0.507 e. The van der Waals surface area contributed by atoms with Gasteiger partial charge in [-0.2, -0.15) is 5.26 Å². The molecule has 37 heavy (non-hydrogen) atoms. The van der Waals surface area contributed by atoms with E-state index in [0.717, 1.165) is 6.07 Å². The molecule has 0 aliphatic carbocycles. The Labute approximate surface area is 210 Å². The van der Waals surface area contributed by atoms with E-state index in [-0.39, 0.29) is 34.0 Å². The molecule has 0 aliphatic rings. The maximum Gasteiger partial charge on any atom is 0.337 e. The summed E-state index contributed by atoms with van der Waals surface area (Å²) in [6.07, 6.45) is 0. The van der Waals surface area contributed by atoms with E-state index in [1.807, 2.05) is 6.07 Å². The second-order valence-electron chi connectivity index (χ2n) is 7.83. The molecule has 0 aliphatic heterocycles. The molecular weight excluding hydrogens is 478 g/mol. The molecule has 0 bridgehead atoms. The second kappa shape index (κ2) is 10.8. The number of nitriles is 1. The first-order valence-corrected chi connectivity index (χ1v) is 10.7. The maximum absolute atomic E-state index is 12.9. The fourth-order valence-corrected chi connectivity index (χ4v) is 3.53. The van der Waals surface area contributed by atoms with Gasteiger partial charge < -0.3 is 26.2 Å². The fourth-order valence-electron chi connectivity index (χ4n) is 3.53. The molecule has 0 spiro atoms. The highest BCUT2D eigenvalue weighted by molar-refractivity contribution is 6.48. The molecule has 3 amide bonds. The monoisotopic (exact) mass is 499 g/mol. The molecule has 186 valence electrons. The third-order valence-corrected chi connectivity index (χ3v) is 5.10. The van der Waals surface area contributed by atoms with Crippen LogP contribution in [-0.2, 0) is 14.4 Å². The van der Waals surface area contributed by atoms with Crippen LogP contribution in [0.2, 0.25) is 0 Å². The number of aromatic carboxylic acids is 1. The van der Waals surface area contributed by atoms with E-state index >= 15 is 0 Å². The van der Waals surface area contributed by atoms with Crippen molar-refractivity contribution in [1.29, 1.82) is 10.7 Å². The van der Waals surface area contributed by atoms with Crippen molar-refractivity contribution in [2.75, 3.05) is 16.0 Å². The Morgan fingerprint density at radius 3 is 2.08 bits per heavy atom. The van der Waals surface area contributed by atoms with Crippen LogP contribution in [0.5, 0.6) is 5.75 Å². The summed E-state index contributed by atoms with van der Waals surface area (Å²) in [5, 5.41) is 45.0. The van der Waals surface area contributed by atoms with Gasteiger partial charge in [0.05, 0.1) is 28.6 Å². The topological polar surface area (TPSA) is 192 Å². The quantitative estimate of drug-likeness (QED) is 0.268. The molecule has 0 aromatic heterocycles. The fraction of sp³-hybridized carbons (Fsp3) is 0.0769. The van der Waals surface area contributed by atoms with E-state index in [1.54, 1.807) is 24.3 Å². The van der Waals surface area contributed by atoms with Crippen molar-refractivity contribution in [1.82, 2.24) is 0 Å². The molecular formula is C26H21N5O6. The Morgan fingerprint density at radius 2 is 1.46 bits per heavy atom. The van der Waals surface area contributed by atoms with Gasteiger partial charge in [0.15, 0.2) is 0 Å². The molecule has 0 radical (unpaired) electrons. The lowest BCUT2D eigenvalue weighted by Gasteiger charge is -2.17. The minimum atomic E-state index is -1.39. The number of nitrogens with zero attached hydrogens (tertiary/aromatic N) is 1. The molecule has 3 aromatic carbocycles. The molecule has 0 saturated carbocycles. The molecule has 0 saturated heterocycles. The van der Waals surface area contributed by atoms with Gasteiger partial charge in [0, 0.05) is 42.3 Å². The van der Waals surface area contributed by atoms with Gasteiger partial charge in [-0.1, -0.05) is 18.2 Å². The van der Waals surface area contributed by atoms with Crippen LogP contribution in [0.1, 0.15) is 35.3 Å². The number of para-hydroxylation sites is 1. The number of rotatable bonds is 7. The van der Waals surface area contributed by atoms with E-state index in [9.17, 15) is 29.4 Å². The van der Waals surface area contributed by atoms with Crippen LogP contribution < -0.4 is 16.0 Å². The number of hydrogen-bond acceptors (Lipinski definition) is 7. The average Bonchev–Trinajstić information content (AvgIpc) is 2.83. The molecule has 3 rings (SSSR count). The zero-order valence-electron chi connectivity index (χ0n) is 19.7. The Kier molecular flexibility index (Phi) is 7.64. The molecule has 0 fully saturated rings. The lowest BCUT2D eigenvalue weighted by Crippen LogP contribution is -2.24. The summed E-state index contributed by atoms with van der Waals surface area (Å²) in [5.74, 6) is -3.71. The first-order chi connectivity index (χ1) is 17.5. The van der Waals surface area contributed by atoms with Crippen molar-refractivity contribution >= 4 is 46.5 Å². The summed E-state index contributed by atoms with van der Waals surface area (Å²) in [5.41, 5.74) is -0.0551. The van der Waals surface area contributed by atoms with Crippen molar-refractivity contribution in [3.05, 3.63) is 71.3 Å². The number of phenols is 1. The predicted octanol–water partition coefficient (Wildman–Crippen LogP) is 3.55. The summed E-state index contributed by atoms with van der Waals surface area (Å²) in [4.78, 5) is 48.0. The van der Waals surface area contributed by atoms with Crippen LogP contribution in [0.15, 0.2) is 54.6 Å². The number of phenolic OH excluding ortho intramolecular Hbond substituents is 1. The van der Waals surface area contributed by atoms with Crippen molar-refractivity contribution in [3.63, 3.8) is 0 Å². The lowest BCUT2D eigenvalue weighted by atomic mass is 9.96. The van der Waals surface area contributed by atoms with Gasteiger partial charge in [-0.05, 0) is 30.3 Å². The zero-order valence-corrected chi connectivity index (χ0v) is 19.7. The molecule has 11 nitrogen and oxygen atoms in total. The highest BCUT2D eigenvalue weighted by Crippen LogP contribution is 2.38. The summed E-state index contributed by atoms with van der Waals surface area (Å²) < 4.78 is 0. The first kappa shape index (κ1) is 26.1. The third kappa shape index (κ3) is 5.95. The SMILES string of the molecule is CC(=O)Nc1ccccc1-c1cc(C(=N)C(=O)Nc2ccc(C#N)cc2C(=O)O)c(O)cc1NC(C)=O. The number of anilines is 3. The van der Waals surface area contributed by atoms with Crippen LogP contribution >= 0.6 is 0 Å². The van der Waals surface area contributed by atoms with Crippen molar-refractivity contribution in [3.8, 4) is 22.9 Å². The number of carboxylic acids is 1. The smallest absolute Gasteiger partial charge is 0.337 e. The van der Waals surface area contributed by atoms with Crippen LogP contribution in [0.4, 0.5) is 17.1 Å². The average molecular weight is 499 g/mol. The van der Waals surface area contributed by atoms with Gasteiger partial charge in [0.25, 0.3) is 5.91 Å². The van der Waals surface area contributed by atoms with Crippen LogP contribution in [0.3, 0.4) is 0 Å². The van der Waals surface area contributed by atoms with Gasteiger partial charge in [0.1, 0.15) is 11.5 Å². The number of aromatic hydroxyl groups is 1. The van der Waals surface area contributed by atoms with E-state index in [1.165, 1.54) is 38.1 Å². The van der Waals surface area contributed by atoms with E-state index in [0.29, 0.717) is 16.8 Å². The van der Waals surface area contributed by atoms with Gasteiger partial charge >= 0.3 is 5.97 Å².